The molecule has 0 saturated heterocycles. The van der Waals surface area contributed by atoms with E-state index in [4.69, 9.17) is 0 Å². The van der Waals surface area contributed by atoms with Crippen molar-refractivity contribution in [1.82, 2.24) is 5.32 Å². The molecule has 2 atom stereocenters. The van der Waals surface area contributed by atoms with Crippen molar-refractivity contribution in [2.24, 2.45) is 0 Å². The van der Waals surface area contributed by atoms with Crippen molar-refractivity contribution in [1.29, 1.82) is 0 Å². The maximum atomic E-state index is 12.1. The molecule has 0 spiro atoms. The molecule has 0 fully saturated rings. The number of rotatable bonds is 7. The highest BCUT2D eigenvalue weighted by molar-refractivity contribution is 8.00. The van der Waals surface area contributed by atoms with Gasteiger partial charge in [-0.1, -0.05) is 43.2 Å². The van der Waals surface area contributed by atoms with Gasteiger partial charge in [0.25, 0.3) is 0 Å². The van der Waals surface area contributed by atoms with Crippen LogP contribution in [-0.2, 0) is 4.79 Å². The van der Waals surface area contributed by atoms with Crippen LogP contribution in [0.3, 0.4) is 0 Å². The highest BCUT2D eigenvalue weighted by atomic mass is 32.2. The van der Waals surface area contributed by atoms with Gasteiger partial charge in [0.15, 0.2) is 0 Å². The highest BCUT2D eigenvalue weighted by Gasteiger charge is 2.16. The Bertz CT molecular complexity index is 388. The highest BCUT2D eigenvalue weighted by Crippen LogP contribution is 2.16. The lowest BCUT2D eigenvalue weighted by Gasteiger charge is -2.18. The van der Waals surface area contributed by atoms with Gasteiger partial charge in [-0.25, -0.2) is 0 Å². The van der Waals surface area contributed by atoms with Crippen molar-refractivity contribution in [2.75, 3.05) is 5.75 Å². The van der Waals surface area contributed by atoms with Gasteiger partial charge in [0.2, 0.25) is 5.91 Å². The summed E-state index contributed by atoms with van der Waals surface area (Å²) in [7, 11) is 0. The molecule has 0 radical (unpaired) electrons. The van der Waals surface area contributed by atoms with Crippen molar-refractivity contribution in [3.05, 3.63) is 35.4 Å². The minimum Gasteiger partial charge on any atom is -0.349 e. The monoisotopic (exact) mass is 279 g/mol. The topological polar surface area (TPSA) is 29.1 Å². The van der Waals surface area contributed by atoms with E-state index in [1.165, 1.54) is 18.4 Å². The van der Waals surface area contributed by atoms with Crippen LogP contribution in [0.15, 0.2) is 24.3 Å². The summed E-state index contributed by atoms with van der Waals surface area (Å²) in [6, 6.07) is 8.39. The fourth-order valence-corrected chi connectivity index (χ4v) is 2.78. The van der Waals surface area contributed by atoms with Gasteiger partial charge < -0.3 is 5.32 Å². The first-order valence-electron chi connectivity index (χ1n) is 7.03. The molecule has 0 bridgehead atoms. The molecule has 0 aromatic heterocycles. The first kappa shape index (κ1) is 16.1. The SMILES string of the molecule is CCCCSC(C)C(=O)NC(C)c1ccc(C)cc1. The molecule has 106 valence electrons. The number of hydrogen-bond donors (Lipinski definition) is 1. The number of hydrogen-bond acceptors (Lipinski definition) is 2. The van der Waals surface area contributed by atoms with E-state index in [9.17, 15) is 4.79 Å². The quantitative estimate of drug-likeness (QED) is 0.762. The molecule has 1 aromatic rings. The van der Waals surface area contributed by atoms with E-state index in [2.05, 4.69) is 43.4 Å². The van der Waals surface area contributed by atoms with Crippen LogP contribution in [0, 0.1) is 6.92 Å². The van der Waals surface area contributed by atoms with Gasteiger partial charge >= 0.3 is 0 Å². The number of aryl methyl sites for hydroxylation is 1. The van der Waals surface area contributed by atoms with Crippen LogP contribution < -0.4 is 5.32 Å². The molecule has 0 aliphatic rings. The molecule has 1 N–H and O–H groups in total. The predicted octanol–water partition coefficient (Wildman–Crippen LogP) is 4.09. The second-order valence-electron chi connectivity index (χ2n) is 5.01. The average molecular weight is 279 g/mol. The average Bonchev–Trinajstić information content (AvgIpc) is 2.39. The van der Waals surface area contributed by atoms with Gasteiger partial charge in [-0.2, -0.15) is 0 Å². The third-order valence-electron chi connectivity index (χ3n) is 3.17. The van der Waals surface area contributed by atoms with Gasteiger partial charge in [-0.05, 0) is 38.5 Å². The second kappa shape index (κ2) is 8.26. The summed E-state index contributed by atoms with van der Waals surface area (Å²) >= 11 is 1.74. The first-order chi connectivity index (χ1) is 9.04. The summed E-state index contributed by atoms with van der Waals surface area (Å²) in [5.74, 6) is 1.19. The molecule has 0 heterocycles. The van der Waals surface area contributed by atoms with E-state index in [0.29, 0.717) is 0 Å². The van der Waals surface area contributed by atoms with E-state index in [0.717, 1.165) is 11.3 Å². The van der Waals surface area contributed by atoms with E-state index in [1.807, 2.05) is 13.8 Å². The zero-order valence-corrected chi connectivity index (χ0v) is 13.2. The Hall–Kier alpha value is -0.960. The Morgan fingerprint density at radius 1 is 1.26 bits per heavy atom. The van der Waals surface area contributed by atoms with E-state index in [1.54, 1.807) is 11.8 Å². The predicted molar refractivity (Wildman–Crippen MR) is 84.6 cm³/mol. The third-order valence-corrected chi connectivity index (χ3v) is 4.41. The number of carbonyl (C=O) groups is 1. The molecule has 3 heteroatoms. The van der Waals surface area contributed by atoms with Gasteiger partial charge in [0, 0.05) is 0 Å². The number of amides is 1. The molecule has 0 saturated carbocycles. The summed E-state index contributed by atoms with van der Waals surface area (Å²) in [5, 5.41) is 3.11. The van der Waals surface area contributed by atoms with Crippen molar-refractivity contribution in [2.45, 2.75) is 51.8 Å². The molecular formula is C16H25NOS. The third kappa shape index (κ3) is 5.68. The lowest BCUT2D eigenvalue weighted by molar-refractivity contribution is -0.120. The van der Waals surface area contributed by atoms with Crippen LogP contribution in [0.2, 0.25) is 0 Å². The zero-order valence-electron chi connectivity index (χ0n) is 12.4. The fourth-order valence-electron chi connectivity index (χ4n) is 1.75. The van der Waals surface area contributed by atoms with Crippen LogP contribution in [0.5, 0.6) is 0 Å². The van der Waals surface area contributed by atoms with Gasteiger partial charge in [0.1, 0.15) is 0 Å². The number of thioether (sulfide) groups is 1. The van der Waals surface area contributed by atoms with Crippen LogP contribution in [-0.4, -0.2) is 16.9 Å². The fraction of sp³-hybridized carbons (Fsp3) is 0.562. The van der Waals surface area contributed by atoms with Crippen LogP contribution in [0.1, 0.15) is 50.8 Å². The van der Waals surface area contributed by atoms with E-state index in [-0.39, 0.29) is 17.2 Å². The second-order valence-corrected chi connectivity index (χ2v) is 6.46. The molecule has 1 amide bonds. The summed E-state index contributed by atoms with van der Waals surface area (Å²) in [4.78, 5) is 12.1. The molecule has 0 aliphatic carbocycles. The van der Waals surface area contributed by atoms with Crippen LogP contribution in [0.4, 0.5) is 0 Å². The number of nitrogens with one attached hydrogen (secondary N) is 1. The van der Waals surface area contributed by atoms with Gasteiger partial charge in [0.05, 0.1) is 11.3 Å². The Kier molecular flexibility index (Phi) is 7.00. The summed E-state index contributed by atoms with van der Waals surface area (Å²) in [6.45, 7) is 8.26. The molecule has 0 aliphatic heterocycles. The summed E-state index contributed by atoms with van der Waals surface area (Å²) in [5.41, 5.74) is 2.40. The number of carbonyl (C=O) groups excluding carboxylic acids is 1. The Morgan fingerprint density at radius 2 is 1.89 bits per heavy atom. The van der Waals surface area contributed by atoms with Crippen molar-refractivity contribution >= 4 is 17.7 Å². The standard InChI is InChI=1S/C16H25NOS/c1-5-6-11-19-14(4)16(18)17-13(3)15-9-7-12(2)8-10-15/h7-10,13-14H,5-6,11H2,1-4H3,(H,17,18). The van der Waals surface area contributed by atoms with E-state index < -0.39 is 0 Å². The smallest absolute Gasteiger partial charge is 0.233 e. The van der Waals surface area contributed by atoms with Crippen LogP contribution >= 0.6 is 11.8 Å². The summed E-state index contributed by atoms with van der Waals surface area (Å²) in [6.07, 6.45) is 2.36. The molecule has 2 nitrogen and oxygen atoms in total. The number of unbranched alkanes of at least 4 members (excludes halogenated alkanes) is 1. The molecular weight excluding hydrogens is 254 g/mol. The van der Waals surface area contributed by atoms with E-state index >= 15 is 0 Å². The largest absolute Gasteiger partial charge is 0.349 e. The molecule has 19 heavy (non-hydrogen) atoms. The zero-order chi connectivity index (χ0) is 14.3. The van der Waals surface area contributed by atoms with Crippen molar-refractivity contribution < 1.29 is 4.79 Å². The minimum absolute atomic E-state index is 0.0273. The van der Waals surface area contributed by atoms with Crippen molar-refractivity contribution in [3.63, 3.8) is 0 Å². The Morgan fingerprint density at radius 3 is 2.47 bits per heavy atom. The number of benzene rings is 1. The van der Waals surface area contributed by atoms with Gasteiger partial charge in [-0.3, -0.25) is 4.79 Å². The minimum atomic E-state index is 0.0273. The summed E-state index contributed by atoms with van der Waals surface area (Å²) < 4.78 is 0. The first-order valence-corrected chi connectivity index (χ1v) is 8.08. The maximum Gasteiger partial charge on any atom is 0.233 e. The molecule has 2 unspecified atom stereocenters. The van der Waals surface area contributed by atoms with Crippen molar-refractivity contribution in [3.8, 4) is 0 Å². The normalized spacial score (nSPS) is 13.9. The lowest BCUT2D eigenvalue weighted by atomic mass is 10.1. The molecule has 1 rings (SSSR count). The maximum absolute atomic E-state index is 12.1. The lowest BCUT2D eigenvalue weighted by Crippen LogP contribution is -2.33. The Balaban J connectivity index is 2.44. The van der Waals surface area contributed by atoms with Crippen LogP contribution in [0.25, 0.3) is 0 Å². The van der Waals surface area contributed by atoms with Gasteiger partial charge in [-0.15, -0.1) is 11.8 Å². The molecule has 1 aromatic carbocycles. The Labute approximate surface area is 121 Å².